The first-order valence-electron chi connectivity index (χ1n) is 22.6. The number of unbranched alkanes of at least 4 members (excludes halogenated alkanes) is 8. The quantitative estimate of drug-likeness (QED) is 0.102. The molecule has 0 aromatic heterocycles. The lowest BCUT2D eigenvalue weighted by Crippen LogP contribution is -2.31. The van der Waals surface area contributed by atoms with Gasteiger partial charge < -0.3 is 0 Å². The molecule has 0 heteroatoms. The summed E-state index contributed by atoms with van der Waals surface area (Å²) in [4.78, 5) is 0. The second kappa shape index (κ2) is 22.1. The zero-order valence-electron chi connectivity index (χ0n) is 33.1. The molecule has 48 heavy (non-hydrogen) atoms. The molecule has 0 saturated heterocycles. The van der Waals surface area contributed by atoms with Crippen LogP contribution in [0.4, 0.5) is 0 Å². The molecule has 4 aliphatic carbocycles. The van der Waals surface area contributed by atoms with E-state index in [2.05, 4.69) is 51.4 Å². The normalized spacial score (nSPS) is 34.1. The molecule has 0 bridgehead atoms. The average molecular weight is 659 g/mol. The van der Waals surface area contributed by atoms with Gasteiger partial charge in [-0.05, 0) is 137 Å². The van der Waals surface area contributed by atoms with Crippen molar-refractivity contribution in [1.82, 2.24) is 0 Å². The van der Waals surface area contributed by atoms with Crippen molar-refractivity contribution in [2.24, 2.45) is 46.3 Å². The van der Waals surface area contributed by atoms with Crippen LogP contribution in [0.15, 0.2) is 0 Å². The topological polar surface area (TPSA) is 0 Å². The van der Waals surface area contributed by atoms with Gasteiger partial charge in [-0.1, -0.05) is 155 Å². The second-order valence-corrected chi connectivity index (χ2v) is 18.2. The minimum atomic E-state index is 0.250. The van der Waals surface area contributed by atoms with E-state index < -0.39 is 0 Å². The summed E-state index contributed by atoms with van der Waals surface area (Å²) in [5.74, 6) is 21.1. The SMILES string of the molecule is CCCCCC1CCC(C2CCC(C#CC#CC3(CCCCC)CCC(C4CCC(CCCCC)CC4)CC3)(CCCCC)CC2)CC1. The van der Waals surface area contributed by atoms with Crippen molar-refractivity contribution in [3.05, 3.63) is 0 Å². The summed E-state index contributed by atoms with van der Waals surface area (Å²) < 4.78 is 0. The van der Waals surface area contributed by atoms with E-state index in [0.29, 0.717) is 0 Å². The Balaban J connectivity index is 1.31. The van der Waals surface area contributed by atoms with Crippen molar-refractivity contribution in [1.29, 1.82) is 0 Å². The van der Waals surface area contributed by atoms with Crippen LogP contribution in [0, 0.1) is 70.0 Å². The summed E-state index contributed by atoms with van der Waals surface area (Å²) >= 11 is 0. The Morgan fingerprint density at radius 3 is 1.02 bits per heavy atom. The Morgan fingerprint density at radius 1 is 0.375 bits per heavy atom. The first kappa shape index (κ1) is 39.9. The Hall–Kier alpha value is -0.880. The fourth-order valence-electron chi connectivity index (χ4n) is 11.2. The molecule has 0 atom stereocenters. The number of rotatable bonds is 18. The van der Waals surface area contributed by atoms with Gasteiger partial charge in [-0.3, -0.25) is 0 Å². The van der Waals surface area contributed by atoms with Gasteiger partial charge >= 0.3 is 0 Å². The Kier molecular flexibility index (Phi) is 18.4. The van der Waals surface area contributed by atoms with Crippen molar-refractivity contribution < 1.29 is 0 Å². The maximum absolute atomic E-state index is 3.94. The first-order valence-corrected chi connectivity index (χ1v) is 22.6. The molecule has 0 N–H and O–H groups in total. The maximum Gasteiger partial charge on any atom is 0.0325 e. The molecule has 0 radical (unpaired) electrons. The minimum Gasteiger partial charge on any atom is -0.0823 e. The predicted molar refractivity (Wildman–Crippen MR) is 212 cm³/mol. The second-order valence-electron chi connectivity index (χ2n) is 18.2. The van der Waals surface area contributed by atoms with Gasteiger partial charge in [0.1, 0.15) is 0 Å². The van der Waals surface area contributed by atoms with Crippen LogP contribution in [-0.2, 0) is 0 Å². The standard InChI is InChI=1S/C48H82/c1-5-9-13-19-41-21-25-43(26-22-41)45-29-37-47(38-30-45,33-15-11-7-3)35-17-18-36-48(34-16-12-8-4)39-31-46(32-40-48)44-27-23-42(24-28-44)20-14-10-6-2/h41-46H,5-16,19-34,37-40H2,1-4H3. The van der Waals surface area contributed by atoms with Crippen LogP contribution < -0.4 is 0 Å². The molecular weight excluding hydrogens is 577 g/mol. The predicted octanol–water partition coefficient (Wildman–Crippen LogP) is 15.3. The zero-order chi connectivity index (χ0) is 33.9. The van der Waals surface area contributed by atoms with Gasteiger partial charge in [0, 0.05) is 10.8 Å². The van der Waals surface area contributed by atoms with Gasteiger partial charge in [0.05, 0.1) is 0 Å². The Morgan fingerprint density at radius 2 is 0.688 bits per heavy atom. The van der Waals surface area contributed by atoms with Crippen LogP contribution in [0.5, 0.6) is 0 Å². The lowest BCUT2D eigenvalue weighted by molar-refractivity contribution is 0.115. The van der Waals surface area contributed by atoms with E-state index in [-0.39, 0.29) is 10.8 Å². The molecule has 274 valence electrons. The van der Waals surface area contributed by atoms with Gasteiger partial charge in [-0.15, -0.1) is 0 Å². The highest BCUT2D eigenvalue weighted by atomic mass is 14.4. The van der Waals surface area contributed by atoms with Gasteiger partial charge in [-0.2, -0.15) is 0 Å². The van der Waals surface area contributed by atoms with Crippen LogP contribution in [0.25, 0.3) is 0 Å². The number of hydrogen-bond donors (Lipinski definition) is 0. The summed E-state index contributed by atoms with van der Waals surface area (Å²) in [5, 5.41) is 0. The van der Waals surface area contributed by atoms with Gasteiger partial charge in [0.15, 0.2) is 0 Å². The summed E-state index contributed by atoms with van der Waals surface area (Å²) in [6.45, 7) is 9.39. The zero-order valence-corrected chi connectivity index (χ0v) is 33.1. The van der Waals surface area contributed by atoms with E-state index >= 15 is 0 Å². The van der Waals surface area contributed by atoms with Crippen LogP contribution in [0.1, 0.15) is 233 Å². The van der Waals surface area contributed by atoms with Crippen molar-refractivity contribution in [3.8, 4) is 23.7 Å². The molecule has 0 aliphatic heterocycles. The molecule has 4 aliphatic rings. The molecule has 0 heterocycles. The van der Waals surface area contributed by atoms with E-state index in [1.165, 1.54) is 205 Å². The van der Waals surface area contributed by atoms with Gasteiger partial charge in [0.2, 0.25) is 0 Å². The summed E-state index contributed by atoms with van der Waals surface area (Å²) in [6, 6.07) is 0. The maximum atomic E-state index is 3.94. The molecule has 4 saturated carbocycles. The van der Waals surface area contributed by atoms with E-state index in [1.54, 1.807) is 0 Å². The molecule has 0 spiro atoms. The van der Waals surface area contributed by atoms with Crippen LogP contribution in [-0.4, -0.2) is 0 Å². The van der Waals surface area contributed by atoms with Crippen molar-refractivity contribution in [3.63, 3.8) is 0 Å². The largest absolute Gasteiger partial charge is 0.0823 e. The average Bonchev–Trinajstić information content (AvgIpc) is 3.12. The molecular formula is C48H82. The lowest BCUT2D eigenvalue weighted by atomic mass is 9.63. The monoisotopic (exact) mass is 659 g/mol. The van der Waals surface area contributed by atoms with Crippen LogP contribution >= 0.6 is 0 Å². The molecule has 0 amide bonds. The summed E-state index contributed by atoms with van der Waals surface area (Å²) in [6.07, 6.45) is 45.5. The molecule has 0 unspecified atom stereocenters. The molecule has 0 aromatic rings. The van der Waals surface area contributed by atoms with E-state index in [0.717, 1.165) is 35.5 Å². The van der Waals surface area contributed by atoms with Crippen molar-refractivity contribution >= 4 is 0 Å². The molecule has 0 nitrogen and oxygen atoms in total. The third kappa shape index (κ3) is 13.0. The highest BCUT2D eigenvalue weighted by Gasteiger charge is 2.39. The molecule has 4 fully saturated rings. The van der Waals surface area contributed by atoms with Crippen LogP contribution in [0.3, 0.4) is 0 Å². The molecule has 4 rings (SSSR count). The Bertz CT molecular complexity index is 867. The van der Waals surface area contributed by atoms with Crippen LogP contribution in [0.2, 0.25) is 0 Å². The van der Waals surface area contributed by atoms with E-state index in [9.17, 15) is 0 Å². The van der Waals surface area contributed by atoms with E-state index in [4.69, 9.17) is 0 Å². The summed E-state index contributed by atoms with van der Waals surface area (Å²) in [5.41, 5.74) is 0.500. The first-order chi connectivity index (χ1) is 23.5. The van der Waals surface area contributed by atoms with Gasteiger partial charge in [-0.25, -0.2) is 0 Å². The molecule has 0 aromatic carbocycles. The fraction of sp³-hybridized carbons (Fsp3) is 0.917. The van der Waals surface area contributed by atoms with Gasteiger partial charge in [0.25, 0.3) is 0 Å². The Labute approximate surface area is 302 Å². The summed E-state index contributed by atoms with van der Waals surface area (Å²) in [7, 11) is 0. The highest BCUT2D eigenvalue weighted by molar-refractivity contribution is 5.32. The lowest BCUT2D eigenvalue weighted by Gasteiger charge is -2.42. The smallest absolute Gasteiger partial charge is 0.0325 e. The number of hydrogen-bond acceptors (Lipinski definition) is 0. The fourth-order valence-corrected chi connectivity index (χ4v) is 11.2. The third-order valence-electron chi connectivity index (χ3n) is 14.8. The van der Waals surface area contributed by atoms with E-state index in [1.807, 2.05) is 0 Å². The minimum absolute atomic E-state index is 0.250. The highest BCUT2D eigenvalue weighted by Crippen LogP contribution is 2.49. The van der Waals surface area contributed by atoms with Crippen molar-refractivity contribution in [2.75, 3.05) is 0 Å². The third-order valence-corrected chi connectivity index (χ3v) is 14.8. The van der Waals surface area contributed by atoms with Crippen molar-refractivity contribution in [2.45, 2.75) is 233 Å².